The molecule has 3 amide bonds. The lowest BCUT2D eigenvalue weighted by Gasteiger charge is -2.52. The summed E-state index contributed by atoms with van der Waals surface area (Å²) in [4.78, 5) is 79.4. The molecule has 21 N–H and O–H groups in total. The van der Waals surface area contributed by atoms with Gasteiger partial charge in [0.25, 0.3) is 11.6 Å². The van der Waals surface area contributed by atoms with E-state index in [0.29, 0.717) is 12.8 Å². The number of allylic oxidation sites excluding steroid dienone is 2. The lowest BCUT2D eigenvalue weighted by Crippen LogP contribution is -2.72. The maximum atomic E-state index is 14.2. The van der Waals surface area contributed by atoms with Crippen molar-refractivity contribution in [3.05, 3.63) is 12.2 Å². The highest BCUT2D eigenvalue weighted by atomic mass is 16.8. The largest absolute Gasteiger partial charge is 0.477 e. The number of amides is 3. The molecule has 5 saturated heterocycles. The van der Waals surface area contributed by atoms with Gasteiger partial charge in [-0.2, -0.15) is 0 Å². The average molecular weight is 1760 g/mol. The van der Waals surface area contributed by atoms with Crippen LogP contribution in [-0.4, -0.2) is 338 Å². The number of carbonyl (C=O) groups excluding carboxylic acids is 4. The molecule has 0 saturated carbocycles. The molecular formula is C85H151N3O34. The molecule has 5 rings (SSSR count). The Morgan fingerprint density at radius 1 is 0.459 bits per heavy atom. The Morgan fingerprint density at radius 3 is 1.36 bits per heavy atom. The molecular weight excluding hydrogens is 1610 g/mol. The predicted octanol–water partition coefficient (Wildman–Crippen LogP) is 1.74. The second kappa shape index (κ2) is 57.6. The Hall–Kier alpha value is -4.28. The number of aliphatic hydroxyl groups is 16. The fourth-order valence-electron chi connectivity index (χ4n) is 16.7. The number of Topliss-reactive ketones (excluding diaryl/α,β-unsaturated/α-hetero) is 1. The minimum absolute atomic E-state index is 0.135. The monoisotopic (exact) mass is 1760 g/mol. The van der Waals surface area contributed by atoms with Crippen LogP contribution in [0.1, 0.15) is 272 Å². The standard InChI is InChI=1S/C85H151N3O34/c1-6-8-10-12-14-16-18-20-21-22-23-24-25-26-27-29-31-33-35-37-39-41-64(101)88-55(56(97)40-38-36-34-32-30-28-19-17-15-13-11-9-7-2)50-113-80-72(107)71(106)74(62(48-92)115-80)117-81-73(108)78(75(63(49-93)116-81)118-79-54(42-51(3)94)67(102)69(104)60(46-90)114-79)122-85(83(111)112)44-58(99)66(87-53(5)96)77(121-85)70(105)61(47-91)119-84(82(109)110)43-57(98)65(86-52(4)95)76(120-84)68(103)59(100)45-89/h20-21,54-63,65-81,89-93,97-100,102-108H,6-19,22-50H2,1-5H3,(H,86,95)(H,87,96)(H,88,101)(H,109,110)(H,111,112). The number of aliphatic carboxylic acids is 2. The molecule has 5 aliphatic rings. The van der Waals surface area contributed by atoms with Crippen LogP contribution in [0.4, 0.5) is 0 Å². The van der Waals surface area contributed by atoms with Crippen molar-refractivity contribution in [2.45, 2.75) is 443 Å². The number of ether oxygens (including phenoxy) is 10. The molecule has 29 atom stereocenters. The first-order valence-corrected chi connectivity index (χ1v) is 44.9. The molecule has 37 nitrogen and oxygen atoms in total. The minimum atomic E-state index is -3.57. The first kappa shape index (κ1) is 108. The number of hydrogen-bond donors (Lipinski definition) is 21. The van der Waals surface area contributed by atoms with E-state index in [-0.39, 0.29) is 18.7 Å². The first-order chi connectivity index (χ1) is 58.3. The Bertz CT molecular complexity index is 2970. The molecule has 710 valence electrons. The van der Waals surface area contributed by atoms with Gasteiger partial charge in [0.15, 0.2) is 18.9 Å². The van der Waals surface area contributed by atoms with Crippen LogP contribution < -0.4 is 16.0 Å². The second-order valence-corrected chi connectivity index (χ2v) is 33.9. The van der Waals surface area contributed by atoms with E-state index in [1.807, 2.05) is 0 Å². The van der Waals surface area contributed by atoms with Gasteiger partial charge in [-0.15, -0.1) is 0 Å². The zero-order valence-corrected chi connectivity index (χ0v) is 72.2. The van der Waals surface area contributed by atoms with Gasteiger partial charge in [-0.05, 0) is 45.4 Å². The number of carbonyl (C=O) groups is 6. The summed E-state index contributed by atoms with van der Waals surface area (Å²) in [5.41, 5.74) is 0. The third-order valence-corrected chi connectivity index (χ3v) is 23.8. The Labute approximate surface area is 717 Å². The molecule has 0 bridgehead atoms. The quantitative estimate of drug-likeness (QED) is 0.0304. The highest BCUT2D eigenvalue weighted by Crippen LogP contribution is 2.43. The van der Waals surface area contributed by atoms with Gasteiger partial charge in [0.1, 0.15) is 103 Å². The van der Waals surface area contributed by atoms with Crippen molar-refractivity contribution in [3.63, 3.8) is 0 Å². The van der Waals surface area contributed by atoms with Crippen LogP contribution in [-0.2, 0) is 76.1 Å². The topological polar surface area (TPSA) is 595 Å². The van der Waals surface area contributed by atoms with E-state index in [1.54, 1.807) is 0 Å². The van der Waals surface area contributed by atoms with E-state index in [2.05, 4.69) is 41.9 Å². The second-order valence-electron chi connectivity index (χ2n) is 33.9. The molecule has 29 unspecified atom stereocenters. The molecule has 0 spiro atoms. The van der Waals surface area contributed by atoms with Crippen molar-refractivity contribution in [1.29, 1.82) is 0 Å². The number of aliphatic hydroxyl groups excluding tert-OH is 16. The normalized spacial score (nSPS) is 32.3. The number of carboxylic acids is 2. The Morgan fingerprint density at radius 2 is 0.893 bits per heavy atom. The number of rotatable bonds is 63. The Balaban J connectivity index is 1.38. The zero-order chi connectivity index (χ0) is 90.1. The van der Waals surface area contributed by atoms with Crippen molar-refractivity contribution >= 4 is 35.4 Å². The Kier molecular flexibility index (Phi) is 51.1. The smallest absolute Gasteiger partial charge is 0.364 e. The molecule has 0 aromatic carbocycles. The van der Waals surface area contributed by atoms with Gasteiger partial charge in [-0.1, -0.05) is 199 Å². The van der Waals surface area contributed by atoms with Gasteiger partial charge in [0, 0.05) is 45.4 Å². The van der Waals surface area contributed by atoms with Gasteiger partial charge in [-0.25, -0.2) is 9.59 Å². The average Bonchev–Trinajstić information content (AvgIpc) is 0.745. The van der Waals surface area contributed by atoms with Crippen LogP contribution in [0.25, 0.3) is 0 Å². The van der Waals surface area contributed by atoms with Crippen molar-refractivity contribution < 1.29 is 168 Å². The molecule has 5 aliphatic heterocycles. The first-order valence-electron chi connectivity index (χ1n) is 44.9. The maximum Gasteiger partial charge on any atom is 0.364 e. The van der Waals surface area contributed by atoms with Crippen molar-refractivity contribution in [2.75, 3.05) is 39.6 Å². The van der Waals surface area contributed by atoms with Crippen LogP contribution in [0.3, 0.4) is 0 Å². The lowest BCUT2D eigenvalue weighted by atomic mass is 9.86. The fourth-order valence-corrected chi connectivity index (χ4v) is 16.7. The van der Waals surface area contributed by atoms with Gasteiger partial charge >= 0.3 is 11.9 Å². The summed E-state index contributed by atoms with van der Waals surface area (Å²) in [6, 6.07) is -4.87. The molecule has 5 fully saturated rings. The summed E-state index contributed by atoms with van der Waals surface area (Å²) < 4.78 is 60.3. The van der Waals surface area contributed by atoms with Crippen LogP contribution in [0.15, 0.2) is 12.2 Å². The third kappa shape index (κ3) is 34.3. The third-order valence-electron chi connectivity index (χ3n) is 23.8. The predicted molar refractivity (Wildman–Crippen MR) is 436 cm³/mol. The highest BCUT2D eigenvalue weighted by molar-refractivity contribution is 5.78. The van der Waals surface area contributed by atoms with E-state index in [0.717, 1.165) is 91.4 Å². The summed E-state index contributed by atoms with van der Waals surface area (Å²) in [6.07, 6.45) is -11.6. The van der Waals surface area contributed by atoms with Crippen molar-refractivity contribution in [2.24, 2.45) is 5.92 Å². The number of hydrogen-bond acceptors (Lipinski definition) is 32. The molecule has 5 heterocycles. The highest BCUT2D eigenvalue weighted by Gasteiger charge is 2.64. The van der Waals surface area contributed by atoms with E-state index in [1.165, 1.54) is 122 Å². The molecule has 0 aromatic rings. The van der Waals surface area contributed by atoms with Crippen molar-refractivity contribution in [1.82, 2.24) is 16.0 Å². The summed E-state index contributed by atoms with van der Waals surface area (Å²) >= 11 is 0. The summed E-state index contributed by atoms with van der Waals surface area (Å²) in [6.45, 7) is 0.810. The van der Waals surface area contributed by atoms with Gasteiger partial charge in [-0.3, -0.25) is 14.4 Å². The number of nitrogens with one attached hydrogen (secondary N) is 3. The van der Waals surface area contributed by atoms with Crippen LogP contribution >= 0.6 is 0 Å². The van der Waals surface area contributed by atoms with Gasteiger partial charge < -0.3 is 160 Å². The zero-order valence-electron chi connectivity index (χ0n) is 72.2. The van der Waals surface area contributed by atoms with E-state index < -0.39 is 265 Å². The molecule has 37 heteroatoms. The van der Waals surface area contributed by atoms with Crippen LogP contribution in [0.5, 0.6) is 0 Å². The summed E-state index contributed by atoms with van der Waals surface area (Å²) in [7, 11) is 0. The SMILES string of the molecule is CCCCCCCCC=CCCCCCCCCCCCCCC(=O)NC(COC1OC(CO)C(OC2OC(CO)C(OC3OC(CO)C(O)C(O)C3CC(C)=O)C(OC3(C(=O)O)CC(O)C(NC(C)=O)C(C(O)C(CO)OC4(C(=O)O)CC(O)C(NC(C)=O)C(C(O)C(O)CO)O4)O3)C2O)C(O)C1O)C(O)CCCCCCCCCCCCCCC. The summed E-state index contributed by atoms with van der Waals surface area (Å²) in [5.74, 6) is -15.8. The lowest BCUT2D eigenvalue weighted by molar-refractivity contribution is -0.404. The van der Waals surface area contributed by atoms with E-state index in [9.17, 15) is 121 Å². The number of ketones is 1. The van der Waals surface area contributed by atoms with Crippen LogP contribution in [0, 0.1) is 5.92 Å². The molecule has 0 aliphatic carbocycles. The minimum Gasteiger partial charge on any atom is -0.477 e. The van der Waals surface area contributed by atoms with E-state index in [4.69, 9.17) is 47.4 Å². The maximum absolute atomic E-state index is 14.2. The molecule has 0 aromatic heterocycles. The number of carboxylic acid groups (broad SMARTS) is 2. The van der Waals surface area contributed by atoms with Crippen molar-refractivity contribution in [3.8, 4) is 0 Å². The fraction of sp³-hybridized carbons (Fsp3) is 0.906. The van der Waals surface area contributed by atoms with Crippen LogP contribution in [0.2, 0.25) is 0 Å². The molecule has 122 heavy (non-hydrogen) atoms. The van der Waals surface area contributed by atoms with Gasteiger partial charge in [0.05, 0.1) is 82.2 Å². The molecule has 0 radical (unpaired) electrons. The number of unbranched alkanes of at least 4 members (excludes halogenated alkanes) is 29. The summed E-state index contributed by atoms with van der Waals surface area (Å²) in [5, 5.41) is 211. The van der Waals surface area contributed by atoms with Gasteiger partial charge in [0.2, 0.25) is 17.7 Å². The van der Waals surface area contributed by atoms with E-state index >= 15 is 0 Å².